The van der Waals surface area contributed by atoms with Gasteiger partial charge >= 0.3 is 19.8 Å². The molecule has 0 aromatic carbocycles. The molecular formula is H3AlCrFeNiO. The Morgan fingerprint density at radius 2 is 1.20 bits per heavy atom. The number of hydrogen-bond donors (Lipinski definition) is 0. The van der Waals surface area contributed by atoms with Gasteiger partial charge < -0.3 is 0 Å². The number of rotatable bonds is 0. The average Bonchev–Trinajstić information content (AvgIpc) is 1.00. The molecule has 0 saturated heterocycles. The molecule has 5 heavy (non-hydrogen) atoms. The molecule has 0 unspecified atom stereocenters. The van der Waals surface area contributed by atoms with E-state index in [2.05, 4.69) is 0 Å². The molecule has 0 amide bonds. The van der Waals surface area contributed by atoms with Crippen LogP contribution in [-0.2, 0) is 53.6 Å². The summed E-state index contributed by atoms with van der Waals surface area (Å²) in [6, 6.07) is 0. The topological polar surface area (TPSA) is 17.1 Å². The second kappa shape index (κ2) is 39.7. The van der Waals surface area contributed by atoms with Crippen LogP contribution in [0.15, 0.2) is 0 Å². The van der Waals surface area contributed by atoms with Crippen LogP contribution in [0.1, 0.15) is 0 Å². The zero-order valence-corrected chi connectivity index (χ0v) is 4.85. The van der Waals surface area contributed by atoms with Gasteiger partial charge in [0.15, 0.2) is 17.4 Å². The fraction of sp³-hybridized carbons (Fsp3) is 0. The Hall–Kier alpha value is 1.88. The summed E-state index contributed by atoms with van der Waals surface area (Å²) in [7, 11) is 0. The molecule has 0 saturated carbocycles. The Bertz CT molecular complexity index is 11.6. The van der Waals surface area contributed by atoms with Crippen molar-refractivity contribution in [1.29, 1.82) is 0 Å². The summed E-state index contributed by atoms with van der Waals surface area (Å²) >= 11 is 2.00. The van der Waals surface area contributed by atoms with Crippen molar-refractivity contribution in [2.75, 3.05) is 0 Å². The standard InChI is InChI=1S/Al.Cr.Fe.Ni.O.3H. The average molecular weight is 213 g/mol. The van der Waals surface area contributed by atoms with Crippen molar-refractivity contribution in [2.24, 2.45) is 0 Å². The molecule has 0 rings (SSSR count). The predicted molar refractivity (Wildman–Crippen MR) is 10.6 cm³/mol. The number of hydrogen-bond acceptors (Lipinski definition) is 1. The van der Waals surface area contributed by atoms with Crippen molar-refractivity contribution in [3.63, 3.8) is 0 Å². The second-order valence-electron chi connectivity index (χ2n) is 0. The summed E-state index contributed by atoms with van der Waals surface area (Å²) in [6.07, 6.45) is 0. The molecule has 5 heteroatoms. The summed E-state index contributed by atoms with van der Waals surface area (Å²) < 4.78 is 8.00. The van der Waals surface area contributed by atoms with E-state index >= 15 is 0 Å². The first-order valence-corrected chi connectivity index (χ1v) is 0.595. The van der Waals surface area contributed by atoms with E-state index in [9.17, 15) is 0 Å². The molecule has 0 atom stereocenters. The monoisotopic (exact) mass is 212 g/mol. The van der Waals surface area contributed by atoms with Gasteiger partial charge in [-0.25, -0.2) is 0 Å². The maximum atomic E-state index is 8.00. The van der Waals surface area contributed by atoms with E-state index in [-0.39, 0.29) is 51.2 Å². The quantitative estimate of drug-likeness (QED) is 0.456. The molecule has 1 nitrogen and oxygen atoms in total. The van der Waals surface area contributed by atoms with Gasteiger partial charge in [-0.2, -0.15) is 0 Å². The Kier molecular flexibility index (Phi) is 228. The van der Waals surface area contributed by atoms with Crippen molar-refractivity contribution in [2.45, 2.75) is 0 Å². The van der Waals surface area contributed by atoms with Crippen LogP contribution < -0.4 is 0 Å². The SMILES string of the molecule is [AlH3].[Cr].[Ni].[O]=[Fe]. The van der Waals surface area contributed by atoms with Crippen LogP contribution in [0.5, 0.6) is 0 Å². The van der Waals surface area contributed by atoms with Crippen molar-refractivity contribution < 1.29 is 53.6 Å². The van der Waals surface area contributed by atoms with Crippen LogP contribution in [0.2, 0.25) is 0 Å². The fourth-order valence-electron chi connectivity index (χ4n) is 0. The van der Waals surface area contributed by atoms with Crippen LogP contribution >= 0.6 is 0 Å². The maximum absolute atomic E-state index is 8.00. The summed E-state index contributed by atoms with van der Waals surface area (Å²) in [5.41, 5.74) is 0. The molecule has 0 fully saturated rings. The predicted octanol–water partition coefficient (Wildman–Crippen LogP) is -1.31. The molecule has 0 aliphatic rings. The van der Waals surface area contributed by atoms with Gasteiger partial charge in [-0.15, -0.1) is 0 Å². The van der Waals surface area contributed by atoms with Crippen molar-refractivity contribution in [1.82, 2.24) is 0 Å². The van der Waals surface area contributed by atoms with E-state index in [1.54, 1.807) is 0 Å². The van der Waals surface area contributed by atoms with Crippen LogP contribution in [0.4, 0.5) is 0 Å². The Morgan fingerprint density at radius 3 is 1.20 bits per heavy atom. The Balaban J connectivity index is -0.00000000167. The van der Waals surface area contributed by atoms with Gasteiger partial charge in [-0.3, -0.25) is 0 Å². The van der Waals surface area contributed by atoms with Crippen LogP contribution in [-0.4, -0.2) is 17.4 Å². The van der Waals surface area contributed by atoms with Crippen molar-refractivity contribution in [3.8, 4) is 0 Å². The van der Waals surface area contributed by atoms with Gasteiger partial charge in [-0.05, 0) is 0 Å². The molecule has 36 valence electrons. The minimum atomic E-state index is 0. The van der Waals surface area contributed by atoms with E-state index in [1.165, 1.54) is 0 Å². The molecule has 0 aliphatic carbocycles. The summed E-state index contributed by atoms with van der Waals surface area (Å²) in [6.45, 7) is 0. The third kappa shape index (κ3) is 25.1. The van der Waals surface area contributed by atoms with Crippen LogP contribution in [0.25, 0.3) is 0 Å². The molecule has 0 aromatic heterocycles. The summed E-state index contributed by atoms with van der Waals surface area (Å²) in [4.78, 5) is 0. The summed E-state index contributed by atoms with van der Waals surface area (Å²) in [5, 5.41) is 0. The molecule has 0 heterocycles. The van der Waals surface area contributed by atoms with Crippen molar-refractivity contribution in [3.05, 3.63) is 0 Å². The van der Waals surface area contributed by atoms with E-state index in [4.69, 9.17) is 3.83 Å². The summed E-state index contributed by atoms with van der Waals surface area (Å²) in [5.74, 6) is 0. The molecular weight excluding hydrogens is 210 g/mol. The van der Waals surface area contributed by atoms with E-state index in [1.807, 2.05) is 15.9 Å². The minimum absolute atomic E-state index is 0. The zero-order chi connectivity index (χ0) is 2.00. The van der Waals surface area contributed by atoms with Gasteiger partial charge in [-0.1, -0.05) is 0 Å². The fourth-order valence-corrected chi connectivity index (χ4v) is 0. The Labute approximate surface area is 70.5 Å². The van der Waals surface area contributed by atoms with Gasteiger partial charge in [0.05, 0.1) is 0 Å². The van der Waals surface area contributed by atoms with Gasteiger partial charge in [0, 0.05) is 33.9 Å². The second-order valence-corrected chi connectivity index (χ2v) is 0. The van der Waals surface area contributed by atoms with Gasteiger partial charge in [0.1, 0.15) is 0 Å². The molecule has 0 N–H and O–H groups in total. The van der Waals surface area contributed by atoms with Crippen molar-refractivity contribution >= 4 is 17.4 Å². The van der Waals surface area contributed by atoms with E-state index < -0.39 is 0 Å². The third-order valence-electron chi connectivity index (χ3n) is 0. The first kappa shape index (κ1) is 28.7. The molecule has 0 aromatic rings. The first-order chi connectivity index (χ1) is 1.00. The van der Waals surface area contributed by atoms with Gasteiger partial charge in [0.2, 0.25) is 0 Å². The molecule has 0 spiro atoms. The first-order valence-electron chi connectivity index (χ1n) is 0.144. The molecule has 0 radical (unpaired) electrons. The van der Waals surface area contributed by atoms with Crippen LogP contribution in [0.3, 0.4) is 0 Å². The van der Waals surface area contributed by atoms with Gasteiger partial charge in [0.25, 0.3) is 0 Å². The van der Waals surface area contributed by atoms with E-state index in [0.717, 1.165) is 0 Å². The molecule has 0 aliphatic heterocycles. The third-order valence-corrected chi connectivity index (χ3v) is 0. The molecule has 0 bridgehead atoms. The normalized spacial score (nSPS) is 1.00. The van der Waals surface area contributed by atoms with Crippen LogP contribution in [0, 0.1) is 0 Å². The Morgan fingerprint density at radius 1 is 1.20 bits per heavy atom. The zero-order valence-electron chi connectivity index (χ0n) is 1.49. The van der Waals surface area contributed by atoms with E-state index in [0.29, 0.717) is 0 Å².